The number of rotatable bonds is 2. The normalized spacial score (nSPS) is 20.0. The average Bonchev–Trinajstić information content (AvgIpc) is 2.76. The van der Waals surface area contributed by atoms with Gasteiger partial charge in [0, 0.05) is 31.8 Å². The Bertz CT molecular complexity index is 627. The molecule has 116 valence electrons. The maximum Gasteiger partial charge on any atom is 0.244 e. The van der Waals surface area contributed by atoms with E-state index in [1.165, 1.54) is 16.4 Å². The maximum atomic E-state index is 12.8. The lowest BCUT2D eigenvalue weighted by atomic mass is 10.3. The Hall–Kier alpha value is -1.02. The highest BCUT2D eigenvalue weighted by molar-refractivity contribution is 7.89. The first-order valence-corrected chi connectivity index (χ1v) is 8.71. The van der Waals surface area contributed by atoms with Crippen LogP contribution >= 0.6 is 11.6 Å². The zero-order valence-electron chi connectivity index (χ0n) is 11.5. The summed E-state index contributed by atoms with van der Waals surface area (Å²) < 4.78 is 37.8. The third-order valence-corrected chi connectivity index (χ3v) is 5.88. The van der Waals surface area contributed by atoms with Crippen LogP contribution in [-0.4, -0.2) is 52.1 Å². The van der Waals surface area contributed by atoms with Crippen LogP contribution in [-0.2, 0) is 10.0 Å². The molecule has 1 fully saturated rings. The van der Waals surface area contributed by atoms with E-state index in [0.717, 1.165) is 13.0 Å². The molecule has 0 unspecified atom stereocenters. The second kappa shape index (κ2) is 6.00. The Morgan fingerprint density at radius 3 is 2.57 bits per heavy atom. The second-order valence-corrected chi connectivity index (χ2v) is 7.25. The van der Waals surface area contributed by atoms with E-state index in [1.807, 2.05) is 0 Å². The molecule has 21 heavy (non-hydrogen) atoms. The summed E-state index contributed by atoms with van der Waals surface area (Å²) in [6.45, 7) is 3.23. The Balaban J connectivity index is 1.98. The van der Waals surface area contributed by atoms with Crippen LogP contribution in [0.2, 0.25) is 5.02 Å². The highest BCUT2D eigenvalue weighted by Gasteiger charge is 2.29. The van der Waals surface area contributed by atoms with Gasteiger partial charge in [-0.05, 0) is 13.0 Å². The van der Waals surface area contributed by atoms with Crippen LogP contribution in [0.1, 0.15) is 6.42 Å². The van der Waals surface area contributed by atoms with Gasteiger partial charge in [0.25, 0.3) is 0 Å². The molecular formula is C13H17ClN2O4S. The number of nitrogens with one attached hydrogen (secondary N) is 1. The van der Waals surface area contributed by atoms with Crippen molar-refractivity contribution in [2.24, 2.45) is 0 Å². The average molecular weight is 333 g/mol. The Labute approximate surface area is 129 Å². The van der Waals surface area contributed by atoms with E-state index in [-0.39, 0.29) is 9.92 Å². The molecule has 0 atom stereocenters. The number of hydrogen-bond acceptors (Lipinski definition) is 5. The second-order valence-electron chi connectivity index (χ2n) is 4.93. The minimum absolute atomic E-state index is 0.0790. The van der Waals surface area contributed by atoms with E-state index < -0.39 is 10.0 Å². The molecular weight excluding hydrogens is 316 g/mol. The summed E-state index contributed by atoms with van der Waals surface area (Å²) in [5.74, 6) is 0.917. The summed E-state index contributed by atoms with van der Waals surface area (Å²) in [4.78, 5) is 0.0790. The molecule has 2 heterocycles. The third kappa shape index (κ3) is 2.96. The van der Waals surface area contributed by atoms with Crippen LogP contribution in [0.4, 0.5) is 0 Å². The first-order chi connectivity index (χ1) is 10.1. The van der Waals surface area contributed by atoms with Crippen LogP contribution in [0.15, 0.2) is 17.0 Å². The van der Waals surface area contributed by atoms with Crippen molar-refractivity contribution >= 4 is 21.6 Å². The van der Waals surface area contributed by atoms with Crippen LogP contribution in [0.25, 0.3) is 0 Å². The molecule has 3 rings (SSSR count). The van der Waals surface area contributed by atoms with Crippen molar-refractivity contribution in [1.29, 1.82) is 0 Å². The number of hydrogen-bond donors (Lipinski definition) is 1. The number of sulfonamides is 1. The molecule has 1 N–H and O–H groups in total. The fourth-order valence-corrected chi connectivity index (χ4v) is 4.43. The molecule has 1 aromatic rings. The van der Waals surface area contributed by atoms with Crippen molar-refractivity contribution < 1.29 is 17.9 Å². The molecule has 0 saturated carbocycles. The van der Waals surface area contributed by atoms with Gasteiger partial charge in [-0.1, -0.05) is 11.6 Å². The summed E-state index contributed by atoms with van der Waals surface area (Å²) in [5.41, 5.74) is 0. The van der Waals surface area contributed by atoms with Crippen molar-refractivity contribution in [3.63, 3.8) is 0 Å². The van der Waals surface area contributed by atoms with Crippen molar-refractivity contribution in [1.82, 2.24) is 9.62 Å². The first kappa shape index (κ1) is 14.9. The molecule has 0 aromatic heterocycles. The molecule has 0 bridgehead atoms. The number of fused-ring (bicyclic) bond motifs is 1. The van der Waals surface area contributed by atoms with Crippen LogP contribution in [0.3, 0.4) is 0 Å². The van der Waals surface area contributed by atoms with Gasteiger partial charge in [0.05, 0.1) is 5.02 Å². The predicted molar refractivity (Wildman–Crippen MR) is 78.7 cm³/mol. The molecule has 0 radical (unpaired) electrons. The quantitative estimate of drug-likeness (QED) is 0.878. The predicted octanol–water partition coefficient (Wildman–Crippen LogP) is 1.10. The lowest BCUT2D eigenvalue weighted by molar-refractivity contribution is 0.171. The van der Waals surface area contributed by atoms with Gasteiger partial charge >= 0.3 is 0 Å². The minimum atomic E-state index is -3.62. The van der Waals surface area contributed by atoms with Gasteiger partial charge in [0.15, 0.2) is 11.5 Å². The smallest absolute Gasteiger partial charge is 0.244 e. The van der Waals surface area contributed by atoms with E-state index >= 15 is 0 Å². The minimum Gasteiger partial charge on any atom is -0.486 e. The standard InChI is InChI=1S/C13H17ClN2O4S/c14-10-8-11-12(20-7-6-19-11)9-13(10)21(17,18)16-4-1-2-15-3-5-16/h8-9,15H,1-7H2. The van der Waals surface area contributed by atoms with Crippen molar-refractivity contribution in [2.75, 3.05) is 39.4 Å². The van der Waals surface area contributed by atoms with Crippen LogP contribution in [0, 0.1) is 0 Å². The molecule has 2 aliphatic rings. The summed E-state index contributed by atoms with van der Waals surface area (Å²) >= 11 is 6.15. The van der Waals surface area contributed by atoms with E-state index in [9.17, 15) is 8.42 Å². The number of ether oxygens (including phenoxy) is 2. The highest BCUT2D eigenvalue weighted by Crippen LogP contribution is 2.38. The molecule has 1 saturated heterocycles. The molecule has 2 aliphatic heterocycles. The molecule has 0 aliphatic carbocycles. The van der Waals surface area contributed by atoms with Gasteiger partial charge < -0.3 is 14.8 Å². The van der Waals surface area contributed by atoms with Gasteiger partial charge in [-0.3, -0.25) is 0 Å². The van der Waals surface area contributed by atoms with Gasteiger partial charge in [0.2, 0.25) is 10.0 Å². The summed E-state index contributed by atoms with van der Waals surface area (Å²) in [6, 6.07) is 2.98. The molecule has 1 aromatic carbocycles. The number of benzene rings is 1. The lowest BCUT2D eigenvalue weighted by Gasteiger charge is -2.23. The highest BCUT2D eigenvalue weighted by atomic mass is 35.5. The van der Waals surface area contributed by atoms with Gasteiger partial charge in [-0.25, -0.2) is 8.42 Å². The molecule has 8 heteroatoms. The van der Waals surface area contributed by atoms with Gasteiger partial charge in [-0.2, -0.15) is 4.31 Å². The summed E-state index contributed by atoms with van der Waals surface area (Å²) in [5, 5.41) is 3.34. The number of halogens is 1. The van der Waals surface area contributed by atoms with Crippen molar-refractivity contribution in [2.45, 2.75) is 11.3 Å². The van der Waals surface area contributed by atoms with Crippen LogP contribution < -0.4 is 14.8 Å². The Morgan fingerprint density at radius 2 is 1.81 bits per heavy atom. The summed E-state index contributed by atoms with van der Waals surface area (Å²) in [6.07, 6.45) is 0.779. The topological polar surface area (TPSA) is 67.9 Å². The van der Waals surface area contributed by atoms with E-state index in [4.69, 9.17) is 21.1 Å². The zero-order chi connectivity index (χ0) is 14.9. The SMILES string of the molecule is O=S(=O)(c1cc2c(cc1Cl)OCCO2)N1CCCNCC1. The Kier molecular flexibility index (Phi) is 4.26. The largest absolute Gasteiger partial charge is 0.486 e. The monoisotopic (exact) mass is 332 g/mol. The molecule has 0 spiro atoms. The van der Waals surface area contributed by atoms with Gasteiger partial charge in [-0.15, -0.1) is 0 Å². The molecule has 6 nitrogen and oxygen atoms in total. The van der Waals surface area contributed by atoms with E-state index in [1.54, 1.807) is 0 Å². The van der Waals surface area contributed by atoms with Crippen LogP contribution in [0.5, 0.6) is 11.5 Å². The van der Waals surface area contributed by atoms with Crippen molar-refractivity contribution in [3.8, 4) is 11.5 Å². The van der Waals surface area contributed by atoms with Crippen molar-refractivity contribution in [3.05, 3.63) is 17.2 Å². The number of nitrogens with zero attached hydrogens (tertiary/aromatic N) is 1. The maximum absolute atomic E-state index is 12.8. The third-order valence-electron chi connectivity index (χ3n) is 3.51. The first-order valence-electron chi connectivity index (χ1n) is 6.89. The van der Waals surface area contributed by atoms with E-state index in [0.29, 0.717) is 44.3 Å². The van der Waals surface area contributed by atoms with E-state index in [2.05, 4.69) is 5.32 Å². The lowest BCUT2D eigenvalue weighted by Crippen LogP contribution is -2.34. The molecule has 0 amide bonds. The zero-order valence-corrected chi connectivity index (χ0v) is 13.0. The summed E-state index contributed by atoms with van der Waals surface area (Å²) in [7, 11) is -3.62. The van der Waals surface area contributed by atoms with Gasteiger partial charge in [0.1, 0.15) is 18.1 Å². The Morgan fingerprint density at radius 1 is 1.10 bits per heavy atom. The fraction of sp³-hybridized carbons (Fsp3) is 0.538. The fourth-order valence-electron chi connectivity index (χ4n) is 2.44.